The second-order valence-electron chi connectivity index (χ2n) is 7.17. The summed E-state index contributed by atoms with van der Waals surface area (Å²) in [6.45, 7) is 1.15. The van der Waals surface area contributed by atoms with Gasteiger partial charge in [-0.3, -0.25) is 9.59 Å². The number of amides is 1. The molecule has 2 heterocycles. The number of fused-ring (bicyclic) bond motifs is 1. The van der Waals surface area contributed by atoms with Crippen LogP contribution in [-0.4, -0.2) is 22.2 Å². The Hall–Kier alpha value is -2.92. The van der Waals surface area contributed by atoms with E-state index in [-0.39, 0.29) is 11.5 Å². The second kappa shape index (κ2) is 8.62. The van der Waals surface area contributed by atoms with Crippen molar-refractivity contribution >= 4 is 23.2 Å². The van der Waals surface area contributed by atoms with Crippen LogP contribution in [0.4, 0.5) is 5.69 Å². The van der Waals surface area contributed by atoms with Crippen LogP contribution in [0.3, 0.4) is 0 Å². The number of halogens is 1. The van der Waals surface area contributed by atoms with Gasteiger partial charge >= 0.3 is 0 Å². The van der Waals surface area contributed by atoms with Gasteiger partial charge in [-0.25, -0.2) is 4.68 Å². The van der Waals surface area contributed by atoms with Gasteiger partial charge < -0.3 is 4.90 Å². The molecule has 5 nitrogen and oxygen atoms in total. The van der Waals surface area contributed by atoms with Crippen molar-refractivity contribution in [3.05, 3.63) is 81.6 Å². The molecule has 1 amide bonds. The maximum absolute atomic E-state index is 12.8. The summed E-state index contributed by atoms with van der Waals surface area (Å²) in [5, 5.41) is 5.11. The summed E-state index contributed by atoms with van der Waals surface area (Å²) in [4.78, 5) is 26.8. The second-order valence-corrected chi connectivity index (χ2v) is 7.60. The van der Waals surface area contributed by atoms with Crippen molar-refractivity contribution in [1.82, 2.24) is 9.78 Å². The van der Waals surface area contributed by atoms with E-state index >= 15 is 0 Å². The first-order valence-corrected chi connectivity index (χ1v) is 10.2. The molecule has 0 N–H and O–H groups in total. The van der Waals surface area contributed by atoms with Crippen molar-refractivity contribution in [1.29, 1.82) is 0 Å². The number of benzene rings is 2. The van der Waals surface area contributed by atoms with E-state index in [1.807, 2.05) is 35.2 Å². The molecule has 0 radical (unpaired) electrons. The normalized spacial score (nSPS) is 13.2. The number of hydrogen-bond donors (Lipinski definition) is 0. The summed E-state index contributed by atoms with van der Waals surface area (Å²) in [7, 11) is 0. The van der Waals surface area contributed by atoms with E-state index < -0.39 is 0 Å². The summed E-state index contributed by atoms with van der Waals surface area (Å²) in [5.74, 6) is 0.0963. The Labute approximate surface area is 174 Å². The lowest BCUT2D eigenvalue weighted by molar-refractivity contribution is -0.118. The van der Waals surface area contributed by atoms with Crippen molar-refractivity contribution in [3.63, 3.8) is 0 Å². The highest BCUT2D eigenvalue weighted by Gasteiger charge is 2.21. The van der Waals surface area contributed by atoms with E-state index in [9.17, 15) is 9.59 Å². The number of hydrogen-bond acceptors (Lipinski definition) is 3. The van der Waals surface area contributed by atoms with Crippen LogP contribution in [0.5, 0.6) is 0 Å². The predicted octanol–water partition coefficient (Wildman–Crippen LogP) is 4.32. The number of carbonyl (C=O) groups is 1. The number of aromatic nitrogens is 2. The van der Waals surface area contributed by atoms with Crippen molar-refractivity contribution in [2.24, 2.45) is 0 Å². The van der Waals surface area contributed by atoms with Gasteiger partial charge in [0.1, 0.15) is 0 Å². The van der Waals surface area contributed by atoms with Crippen LogP contribution in [0.2, 0.25) is 5.02 Å². The molecule has 6 heteroatoms. The molecule has 0 spiro atoms. The van der Waals surface area contributed by atoms with Crippen LogP contribution < -0.4 is 10.5 Å². The Morgan fingerprint density at radius 2 is 1.83 bits per heavy atom. The zero-order valence-electron chi connectivity index (χ0n) is 16.1. The van der Waals surface area contributed by atoms with E-state index in [0.29, 0.717) is 30.1 Å². The van der Waals surface area contributed by atoms with Gasteiger partial charge in [0.25, 0.3) is 5.56 Å². The molecule has 0 bridgehead atoms. The van der Waals surface area contributed by atoms with Gasteiger partial charge in [-0.1, -0.05) is 41.9 Å². The molecule has 0 fully saturated rings. The number of nitrogens with zero attached hydrogens (tertiary/aromatic N) is 3. The molecular weight excluding hydrogens is 386 g/mol. The summed E-state index contributed by atoms with van der Waals surface area (Å²) in [6.07, 6.45) is 2.94. The van der Waals surface area contributed by atoms with Crippen LogP contribution in [0.1, 0.15) is 24.8 Å². The third-order valence-corrected chi connectivity index (χ3v) is 5.43. The van der Waals surface area contributed by atoms with Crippen molar-refractivity contribution in [2.45, 2.75) is 32.2 Å². The monoisotopic (exact) mass is 407 g/mol. The lowest BCUT2D eigenvalue weighted by Crippen LogP contribution is -2.35. The molecule has 3 aromatic rings. The lowest BCUT2D eigenvalue weighted by Gasteiger charge is -2.29. The van der Waals surface area contributed by atoms with Crippen molar-refractivity contribution in [2.75, 3.05) is 11.4 Å². The molecule has 29 heavy (non-hydrogen) atoms. The van der Waals surface area contributed by atoms with E-state index in [2.05, 4.69) is 11.2 Å². The smallest absolute Gasteiger partial charge is 0.266 e. The minimum Gasteiger partial charge on any atom is -0.312 e. The molecule has 0 saturated heterocycles. The fourth-order valence-corrected chi connectivity index (χ4v) is 3.82. The standard InChI is InChI=1S/C23H22ClN3O2/c24-19-11-9-17(10-12-19)20-13-14-23(29)27(25-20)16-4-8-22(28)26-15-3-6-18-5-1-2-7-21(18)26/h1-2,5,7,9-14H,3-4,6,8,15-16H2. The largest absolute Gasteiger partial charge is 0.312 e. The molecule has 1 aliphatic rings. The third kappa shape index (κ3) is 4.40. The number of carbonyl (C=O) groups excluding carboxylic acids is 1. The van der Waals surface area contributed by atoms with Crippen molar-refractivity contribution < 1.29 is 4.79 Å². The summed E-state index contributed by atoms with van der Waals surface area (Å²) in [6, 6.07) is 18.6. The number of anilines is 1. The molecule has 0 unspecified atom stereocenters. The van der Waals surface area contributed by atoms with Crippen LogP contribution >= 0.6 is 11.6 Å². The molecule has 0 atom stereocenters. The van der Waals surface area contributed by atoms with Crippen LogP contribution in [0.15, 0.2) is 65.5 Å². The Kier molecular flexibility index (Phi) is 5.76. The summed E-state index contributed by atoms with van der Waals surface area (Å²) >= 11 is 5.94. The maximum Gasteiger partial charge on any atom is 0.266 e. The van der Waals surface area contributed by atoms with Crippen LogP contribution in [0.25, 0.3) is 11.3 Å². The zero-order valence-corrected chi connectivity index (χ0v) is 16.8. The summed E-state index contributed by atoms with van der Waals surface area (Å²) in [5.41, 5.74) is 3.67. The fraction of sp³-hybridized carbons (Fsp3) is 0.261. The molecule has 4 rings (SSSR count). The topological polar surface area (TPSA) is 55.2 Å². The number of rotatable bonds is 5. The minimum absolute atomic E-state index is 0.0963. The average Bonchev–Trinajstić information content (AvgIpc) is 2.75. The Morgan fingerprint density at radius 3 is 2.66 bits per heavy atom. The van der Waals surface area contributed by atoms with E-state index in [4.69, 9.17) is 11.6 Å². The first-order valence-electron chi connectivity index (χ1n) is 9.84. The quantitative estimate of drug-likeness (QED) is 0.632. The van der Waals surface area contributed by atoms with Gasteiger partial charge in [-0.2, -0.15) is 5.10 Å². The Bertz CT molecular complexity index is 1080. The molecular formula is C23H22ClN3O2. The first-order chi connectivity index (χ1) is 14.1. The van der Waals surface area contributed by atoms with Gasteiger partial charge in [-0.15, -0.1) is 0 Å². The Morgan fingerprint density at radius 1 is 1.03 bits per heavy atom. The van der Waals surface area contributed by atoms with Crippen molar-refractivity contribution in [3.8, 4) is 11.3 Å². The molecule has 2 aromatic carbocycles. The van der Waals surface area contributed by atoms with Crippen LogP contribution in [-0.2, 0) is 17.8 Å². The average molecular weight is 408 g/mol. The molecule has 0 aliphatic carbocycles. The zero-order chi connectivity index (χ0) is 20.2. The fourth-order valence-electron chi connectivity index (χ4n) is 3.69. The highest BCUT2D eigenvalue weighted by Crippen LogP contribution is 2.27. The molecule has 1 aliphatic heterocycles. The number of para-hydroxylation sites is 1. The van der Waals surface area contributed by atoms with Gasteiger partial charge in [0.15, 0.2) is 0 Å². The third-order valence-electron chi connectivity index (χ3n) is 5.18. The van der Waals surface area contributed by atoms with Gasteiger partial charge in [0.2, 0.25) is 5.91 Å². The van der Waals surface area contributed by atoms with Gasteiger partial charge in [-0.05, 0) is 49.1 Å². The SMILES string of the molecule is O=C(CCCn1nc(-c2ccc(Cl)cc2)ccc1=O)N1CCCc2ccccc21. The molecule has 1 aromatic heterocycles. The lowest BCUT2D eigenvalue weighted by atomic mass is 10.0. The summed E-state index contributed by atoms with van der Waals surface area (Å²) < 4.78 is 1.43. The van der Waals surface area contributed by atoms with Crippen LogP contribution in [0, 0.1) is 0 Å². The molecule has 0 saturated carbocycles. The van der Waals surface area contributed by atoms with Gasteiger partial charge in [0, 0.05) is 41.9 Å². The molecule has 148 valence electrons. The predicted molar refractivity (Wildman–Crippen MR) is 115 cm³/mol. The first kappa shape index (κ1) is 19.4. The van der Waals surface area contributed by atoms with E-state index in [0.717, 1.165) is 30.6 Å². The van der Waals surface area contributed by atoms with E-state index in [1.54, 1.807) is 18.2 Å². The number of aryl methyl sites for hydroxylation is 2. The Balaban J connectivity index is 1.42. The van der Waals surface area contributed by atoms with E-state index in [1.165, 1.54) is 16.3 Å². The van der Waals surface area contributed by atoms with Gasteiger partial charge in [0.05, 0.1) is 5.69 Å². The highest BCUT2D eigenvalue weighted by molar-refractivity contribution is 6.30. The minimum atomic E-state index is -0.168. The highest BCUT2D eigenvalue weighted by atomic mass is 35.5. The maximum atomic E-state index is 12.8.